The molecule has 586 valence electrons. The van der Waals surface area contributed by atoms with Gasteiger partial charge in [-0.05, 0) is 137 Å². The molecule has 2 rings (SSSR count). The summed E-state index contributed by atoms with van der Waals surface area (Å²) < 4.78 is 5.56. The van der Waals surface area contributed by atoms with Gasteiger partial charge in [-0.3, -0.25) is 62.5 Å². The number of benzene rings is 1. The zero-order chi connectivity index (χ0) is 77.6. The highest BCUT2D eigenvalue weighted by atomic mass is 33.1. The van der Waals surface area contributed by atoms with Crippen LogP contribution >= 0.6 is 33.3 Å². The zero-order valence-corrected chi connectivity index (χ0v) is 63.9. The monoisotopic (exact) mass is 1520 g/mol. The fourth-order valence-corrected chi connectivity index (χ4v) is 13.0. The summed E-state index contributed by atoms with van der Waals surface area (Å²) >= 11 is 1.13. The normalized spacial score (nSPS) is 19.1. The van der Waals surface area contributed by atoms with Crippen LogP contribution in [0.25, 0.3) is 0 Å². The zero-order valence-electron chi connectivity index (χ0n) is 61.5. The van der Waals surface area contributed by atoms with Gasteiger partial charge in [-0.25, -0.2) is 0 Å². The Morgan fingerprint density at radius 3 is 1.85 bits per heavy atom. The van der Waals surface area contributed by atoms with Gasteiger partial charge in [-0.15, -0.1) is 0 Å². The van der Waals surface area contributed by atoms with Gasteiger partial charge in [0, 0.05) is 75.7 Å². The molecule has 1 aliphatic rings. The molecular weight excluding hydrogens is 1410 g/mol. The van der Waals surface area contributed by atoms with E-state index in [4.69, 9.17) is 16.2 Å². The SMILES string of the molecule is CCCOCCNC(=O)[C@@H]1CSSC[C@H](NC(=O)[C@H](CCCCNC(=O)CCCC(=O)NCCC(CCNC(C)(C)/C(C)=N\O)CCNC(C)(C)/C(C)=N\O)NC(=O)CC)C(=O)N[C@@H](CCCN=C(N)N)C(=O)NCC(=O)N[C@@H](CC(=O)O)C(=O)N[C@@H](CSC)C(=O)N[C@@H](Cc2ccccc2)C(=O)N1. The number of nitrogens with zero attached hydrogens (tertiary/aromatic N) is 3. The van der Waals surface area contributed by atoms with Gasteiger partial charge in [0.25, 0.3) is 0 Å². The molecule has 1 aromatic carbocycles. The Labute approximate surface area is 621 Å². The van der Waals surface area contributed by atoms with Crippen LogP contribution in [0.2, 0.25) is 0 Å². The smallest absolute Gasteiger partial charge is 0.305 e. The van der Waals surface area contributed by atoms with Crippen LogP contribution < -0.4 is 80.6 Å². The van der Waals surface area contributed by atoms with Gasteiger partial charge >= 0.3 is 5.97 Å². The molecule has 104 heavy (non-hydrogen) atoms. The molecule has 0 unspecified atom stereocenters. The number of nitrogens with one attached hydrogen (secondary N) is 13. The number of oxime groups is 2. The van der Waals surface area contributed by atoms with Crippen molar-refractivity contribution in [2.45, 2.75) is 205 Å². The number of hydrogen-bond acceptors (Lipinski definition) is 23. The molecule has 1 aromatic rings. The maximum Gasteiger partial charge on any atom is 0.305 e. The number of carboxylic acid groups (broad SMARTS) is 1. The second-order valence-corrected chi connectivity index (χ2v) is 29.5. The van der Waals surface area contributed by atoms with Crippen LogP contribution in [0.15, 0.2) is 45.6 Å². The molecule has 11 amide bonds. The number of guanidine groups is 1. The Morgan fingerprint density at radius 2 is 1.25 bits per heavy atom. The summed E-state index contributed by atoms with van der Waals surface area (Å²) in [4.78, 5) is 168. The number of hydrogen-bond donors (Lipinski definition) is 18. The standard InChI is InChI=1S/C67H114N18O16S3/c1-10-34-101-35-33-72-59(93)51-40-103-104-41-52(83-60(94)47(77-53(86)11-2)21-15-16-28-70-54(87)23-17-24-55(88)71-30-25-44(26-31-75-66(5,6)42(3)84-99)27-32-76-67(7,8)43(4)85-100)64(98)79-46(22-18-29-73-65(68)69)58(92)74-38-56(89)78-49(37-57(90)91)62(96)81-50(39-102-9)63(97)80-48(61(95)82-51)36-45-19-13-12-14-20-45/h12-14,19-20,44,46-52,75-76,99-100H,10-11,15-18,21-41H2,1-9H3,(H,70,87)(H,71,88)(H,72,93)(H,74,92)(H,77,86)(H,78,89)(H,79,98)(H,80,97)(H,81,96)(H,82,95)(H,83,94)(H,90,91)(H4,68,69,73)/b84-42-,85-43-/t46-,47-,48-,49-,50-,51-,52-/m0/s1. The summed E-state index contributed by atoms with van der Waals surface area (Å²) in [5.74, 6) is -10.3. The van der Waals surface area contributed by atoms with Gasteiger partial charge in [-0.2, -0.15) is 11.8 Å². The van der Waals surface area contributed by atoms with E-state index in [0.29, 0.717) is 62.5 Å². The van der Waals surface area contributed by atoms with Crippen LogP contribution in [0.5, 0.6) is 0 Å². The van der Waals surface area contributed by atoms with E-state index in [-0.39, 0.29) is 125 Å². The minimum atomic E-state index is -1.80. The second-order valence-electron chi connectivity index (χ2n) is 26.0. The van der Waals surface area contributed by atoms with E-state index in [1.807, 2.05) is 34.6 Å². The lowest BCUT2D eigenvalue weighted by molar-refractivity contribution is -0.141. The number of nitrogens with two attached hydrogens (primary N) is 2. The molecule has 1 heterocycles. The van der Waals surface area contributed by atoms with Gasteiger partial charge < -0.3 is 101 Å². The first kappa shape index (κ1) is 92.1. The average molecular weight is 1520 g/mol. The van der Waals surface area contributed by atoms with Gasteiger partial charge in [0.1, 0.15) is 42.3 Å². The highest BCUT2D eigenvalue weighted by Crippen LogP contribution is 2.24. The lowest BCUT2D eigenvalue weighted by atomic mass is 9.94. The Hall–Kier alpha value is -8.00. The van der Waals surface area contributed by atoms with Crippen molar-refractivity contribution in [3.8, 4) is 0 Å². The van der Waals surface area contributed by atoms with E-state index < -0.39 is 125 Å². The van der Waals surface area contributed by atoms with Crippen molar-refractivity contribution in [3.63, 3.8) is 0 Å². The van der Waals surface area contributed by atoms with Crippen molar-refractivity contribution in [1.82, 2.24) is 69.1 Å². The third-order valence-corrected chi connectivity index (χ3v) is 20.0. The average Bonchev–Trinajstić information content (AvgIpc) is 0.889. The lowest BCUT2D eigenvalue weighted by Crippen LogP contribution is -2.60. The Balaban J connectivity index is 2.43. The predicted molar refractivity (Wildman–Crippen MR) is 402 cm³/mol. The summed E-state index contributed by atoms with van der Waals surface area (Å²) in [7, 11) is 2.02. The summed E-state index contributed by atoms with van der Waals surface area (Å²) in [5.41, 5.74) is 11.7. The number of carboxylic acids is 1. The number of carbonyl (C=O) groups is 12. The van der Waals surface area contributed by atoms with Crippen LogP contribution in [0.1, 0.15) is 151 Å². The molecule has 1 saturated heterocycles. The number of aliphatic imine (C=N–C) groups is 1. The van der Waals surface area contributed by atoms with E-state index in [9.17, 15) is 73.1 Å². The summed E-state index contributed by atoms with van der Waals surface area (Å²) in [5, 5.41) is 71.2. The molecule has 0 aliphatic carbocycles. The molecule has 7 atom stereocenters. The van der Waals surface area contributed by atoms with Crippen molar-refractivity contribution in [1.29, 1.82) is 0 Å². The first-order valence-corrected chi connectivity index (χ1v) is 39.0. The molecule has 0 spiro atoms. The van der Waals surface area contributed by atoms with Crippen LogP contribution in [0, 0.1) is 5.92 Å². The summed E-state index contributed by atoms with van der Waals surface area (Å²) in [6.07, 6.45) is 4.43. The first-order chi connectivity index (χ1) is 49.4. The molecule has 34 nitrogen and oxygen atoms in total. The number of amides is 11. The molecule has 20 N–H and O–H groups in total. The van der Waals surface area contributed by atoms with Crippen LogP contribution in [0.3, 0.4) is 0 Å². The minimum Gasteiger partial charge on any atom is -0.481 e. The van der Waals surface area contributed by atoms with E-state index in [1.165, 1.54) is 0 Å². The fourth-order valence-electron chi connectivity index (χ4n) is 10.1. The van der Waals surface area contributed by atoms with Crippen LogP contribution in [-0.2, 0) is 68.7 Å². The van der Waals surface area contributed by atoms with Crippen molar-refractivity contribution < 1.29 is 77.8 Å². The number of unbranched alkanes of at least 4 members (excludes halogenated alkanes) is 1. The van der Waals surface area contributed by atoms with Gasteiger partial charge in [0.05, 0.1) is 42.1 Å². The summed E-state index contributed by atoms with van der Waals surface area (Å²) in [6.45, 7) is 16.2. The largest absolute Gasteiger partial charge is 0.481 e. The van der Waals surface area contributed by atoms with Crippen molar-refractivity contribution in [2.75, 3.05) is 82.5 Å². The third kappa shape index (κ3) is 38.7. The van der Waals surface area contributed by atoms with Crippen molar-refractivity contribution in [2.24, 2.45) is 32.7 Å². The number of carbonyl (C=O) groups excluding carboxylic acids is 11. The fraction of sp³-hybridized carbons (Fsp3) is 0.687. The quantitative estimate of drug-likeness (QED) is 0.0100. The predicted octanol–water partition coefficient (Wildman–Crippen LogP) is -0.226. The molecule has 0 saturated carbocycles. The third-order valence-electron chi connectivity index (χ3n) is 16.9. The van der Waals surface area contributed by atoms with Gasteiger partial charge in [-0.1, -0.05) is 76.1 Å². The molecule has 1 aliphatic heterocycles. The molecule has 0 radical (unpaired) electrons. The van der Waals surface area contributed by atoms with Crippen molar-refractivity contribution in [3.05, 3.63) is 35.9 Å². The van der Waals surface area contributed by atoms with E-state index >= 15 is 0 Å². The topological polar surface area (TPSA) is 520 Å². The molecule has 1 fully saturated rings. The Morgan fingerprint density at radius 1 is 0.663 bits per heavy atom. The van der Waals surface area contributed by atoms with Crippen LogP contribution in [-0.4, -0.2) is 240 Å². The second kappa shape index (κ2) is 51.2. The number of thioether (sulfide) groups is 1. The molecule has 0 bridgehead atoms. The molecule has 0 aromatic heterocycles. The number of ether oxygens (including phenoxy) is 1. The Bertz CT molecular complexity index is 2970. The molecular formula is C67H114N18O16S3. The Kier molecular flexibility index (Phi) is 45.4. The van der Waals surface area contributed by atoms with Crippen LogP contribution in [0.4, 0.5) is 0 Å². The number of rotatable bonds is 42. The highest BCUT2D eigenvalue weighted by Gasteiger charge is 2.35. The van der Waals surface area contributed by atoms with E-state index in [2.05, 4.69) is 84.4 Å². The summed E-state index contributed by atoms with van der Waals surface area (Å²) in [6, 6.07) is -1.50. The molecule has 37 heteroatoms. The van der Waals surface area contributed by atoms with E-state index in [0.717, 1.165) is 46.2 Å². The van der Waals surface area contributed by atoms with Crippen molar-refractivity contribution >= 4 is 122 Å². The maximum atomic E-state index is 14.7. The maximum absolute atomic E-state index is 14.7. The van der Waals surface area contributed by atoms with Gasteiger partial charge in [0.2, 0.25) is 65.0 Å². The first-order valence-electron chi connectivity index (χ1n) is 35.1. The lowest BCUT2D eigenvalue weighted by Gasteiger charge is -2.28. The number of aliphatic carboxylic acids is 1. The van der Waals surface area contributed by atoms with E-state index in [1.54, 1.807) is 57.4 Å². The minimum absolute atomic E-state index is 0.0165. The van der Waals surface area contributed by atoms with Gasteiger partial charge in [0.15, 0.2) is 5.96 Å². The highest BCUT2D eigenvalue weighted by molar-refractivity contribution is 8.76.